The number of benzene rings is 1. The van der Waals surface area contributed by atoms with Crippen LogP contribution in [0.2, 0.25) is 0 Å². The van der Waals surface area contributed by atoms with Gasteiger partial charge in [0.25, 0.3) is 0 Å². The molecular formula is C15H24BrNO. The third kappa shape index (κ3) is 5.09. The van der Waals surface area contributed by atoms with Crippen molar-refractivity contribution in [2.75, 3.05) is 13.2 Å². The Balaban J connectivity index is 2.63. The van der Waals surface area contributed by atoms with Crippen molar-refractivity contribution in [3.05, 3.63) is 34.3 Å². The van der Waals surface area contributed by atoms with Gasteiger partial charge in [-0.2, -0.15) is 0 Å². The fourth-order valence-electron chi connectivity index (χ4n) is 1.87. The summed E-state index contributed by atoms with van der Waals surface area (Å²) in [7, 11) is 0. The average molecular weight is 314 g/mol. The summed E-state index contributed by atoms with van der Waals surface area (Å²) < 4.78 is 6.67. The Kier molecular flexibility index (Phi) is 6.90. The van der Waals surface area contributed by atoms with Crippen LogP contribution in [-0.2, 0) is 4.74 Å². The van der Waals surface area contributed by atoms with Gasteiger partial charge in [-0.25, -0.2) is 0 Å². The van der Waals surface area contributed by atoms with Crippen molar-refractivity contribution >= 4 is 15.9 Å². The van der Waals surface area contributed by atoms with E-state index >= 15 is 0 Å². The van der Waals surface area contributed by atoms with Gasteiger partial charge in [-0.05, 0) is 37.5 Å². The van der Waals surface area contributed by atoms with Gasteiger partial charge >= 0.3 is 0 Å². The Labute approximate surface area is 119 Å². The highest BCUT2D eigenvalue weighted by atomic mass is 79.9. The Morgan fingerprint density at radius 1 is 1.28 bits per heavy atom. The first-order chi connectivity index (χ1) is 8.54. The van der Waals surface area contributed by atoms with Crippen LogP contribution < -0.4 is 5.32 Å². The summed E-state index contributed by atoms with van der Waals surface area (Å²) in [6, 6.07) is 9.16. The number of ether oxygens (including phenoxy) is 1. The van der Waals surface area contributed by atoms with Crippen LogP contribution in [0, 0.1) is 5.92 Å². The molecule has 18 heavy (non-hydrogen) atoms. The standard InChI is InChI=1S/C15H24BrNO/c1-5-18-10-15(11(2)3)17-12(4)13-7-6-8-14(16)9-13/h6-9,11-12,15,17H,5,10H2,1-4H3. The number of hydrogen-bond acceptors (Lipinski definition) is 2. The Morgan fingerprint density at radius 3 is 2.56 bits per heavy atom. The van der Waals surface area contributed by atoms with E-state index in [1.807, 2.05) is 6.92 Å². The highest BCUT2D eigenvalue weighted by molar-refractivity contribution is 9.10. The van der Waals surface area contributed by atoms with Gasteiger partial charge in [0.2, 0.25) is 0 Å². The van der Waals surface area contributed by atoms with Crippen molar-refractivity contribution in [1.29, 1.82) is 0 Å². The first-order valence-electron chi connectivity index (χ1n) is 6.63. The van der Waals surface area contributed by atoms with Gasteiger partial charge in [0.1, 0.15) is 0 Å². The van der Waals surface area contributed by atoms with Gasteiger partial charge in [-0.3, -0.25) is 0 Å². The second-order valence-corrected chi connectivity index (χ2v) is 5.87. The molecular weight excluding hydrogens is 290 g/mol. The largest absolute Gasteiger partial charge is 0.380 e. The van der Waals surface area contributed by atoms with Crippen molar-refractivity contribution in [3.63, 3.8) is 0 Å². The fraction of sp³-hybridized carbons (Fsp3) is 0.600. The van der Waals surface area contributed by atoms with Gasteiger partial charge in [0.15, 0.2) is 0 Å². The lowest BCUT2D eigenvalue weighted by atomic mass is 10.0. The second-order valence-electron chi connectivity index (χ2n) is 4.95. The molecule has 0 saturated heterocycles. The third-order valence-corrected chi connectivity index (χ3v) is 3.61. The third-order valence-electron chi connectivity index (χ3n) is 3.12. The Morgan fingerprint density at radius 2 is 2.00 bits per heavy atom. The van der Waals surface area contributed by atoms with E-state index in [0.717, 1.165) is 17.7 Å². The van der Waals surface area contributed by atoms with Gasteiger partial charge in [-0.15, -0.1) is 0 Å². The quantitative estimate of drug-likeness (QED) is 0.816. The van der Waals surface area contributed by atoms with E-state index in [-0.39, 0.29) is 0 Å². The topological polar surface area (TPSA) is 21.3 Å². The SMILES string of the molecule is CCOCC(NC(C)c1cccc(Br)c1)C(C)C. The Bertz CT molecular complexity index is 354. The highest BCUT2D eigenvalue weighted by Crippen LogP contribution is 2.19. The molecule has 0 aliphatic heterocycles. The minimum absolute atomic E-state index is 0.329. The van der Waals surface area contributed by atoms with Crippen molar-refractivity contribution in [1.82, 2.24) is 5.32 Å². The Hall–Kier alpha value is -0.380. The molecule has 2 nitrogen and oxygen atoms in total. The minimum Gasteiger partial charge on any atom is -0.380 e. The molecule has 1 aromatic carbocycles. The predicted molar refractivity (Wildman–Crippen MR) is 80.8 cm³/mol. The molecule has 0 aliphatic rings. The number of rotatable bonds is 7. The lowest BCUT2D eigenvalue weighted by Gasteiger charge is -2.26. The van der Waals surface area contributed by atoms with E-state index in [1.165, 1.54) is 5.56 Å². The van der Waals surface area contributed by atoms with Crippen molar-refractivity contribution in [3.8, 4) is 0 Å². The van der Waals surface area contributed by atoms with E-state index in [4.69, 9.17) is 4.74 Å². The zero-order valence-corrected chi connectivity index (χ0v) is 13.3. The molecule has 0 fully saturated rings. The molecule has 2 unspecified atom stereocenters. The van der Waals surface area contributed by atoms with Gasteiger partial charge < -0.3 is 10.1 Å². The summed E-state index contributed by atoms with van der Waals surface area (Å²) in [5, 5.41) is 3.65. The predicted octanol–water partition coefficient (Wildman–Crippen LogP) is 4.16. The highest BCUT2D eigenvalue weighted by Gasteiger charge is 2.16. The van der Waals surface area contributed by atoms with Crippen LogP contribution in [0.1, 0.15) is 39.3 Å². The van der Waals surface area contributed by atoms with E-state index < -0.39 is 0 Å². The molecule has 0 heterocycles. The van der Waals surface area contributed by atoms with Crippen LogP contribution >= 0.6 is 15.9 Å². The lowest BCUT2D eigenvalue weighted by molar-refractivity contribution is 0.104. The summed E-state index contributed by atoms with van der Waals surface area (Å²) >= 11 is 3.52. The molecule has 102 valence electrons. The van der Waals surface area contributed by atoms with Crippen molar-refractivity contribution in [2.45, 2.75) is 39.8 Å². The van der Waals surface area contributed by atoms with E-state index in [1.54, 1.807) is 0 Å². The zero-order chi connectivity index (χ0) is 13.5. The molecule has 0 aromatic heterocycles. The number of hydrogen-bond donors (Lipinski definition) is 1. The van der Waals surface area contributed by atoms with Crippen LogP contribution in [0.15, 0.2) is 28.7 Å². The smallest absolute Gasteiger partial charge is 0.0622 e. The molecule has 1 aromatic rings. The van der Waals surface area contributed by atoms with Crippen molar-refractivity contribution in [2.24, 2.45) is 5.92 Å². The maximum Gasteiger partial charge on any atom is 0.0622 e. The maximum atomic E-state index is 5.55. The maximum absolute atomic E-state index is 5.55. The van der Waals surface area contributed by atoms with E-state index in [9.17, 15) is 0 Å². The molecule has 0 bridgehead atoms. The van der Waals surface area contributed by atoms with Crippen LogP contribution in [0.4, 0.5) is 0 Å². The first-order valence-corrected chi connectivity index (χ1v) is 7.43. The molecule has 0 saturated carbocycles. The monoisotopic (exact) mass is 313 g/mol. The normalized spacial score (nSPS) is 14.8. The summed E-state index contributed by atoms with van der Waals surface area (Å²) in [4.78, 5) is 0. The van der Waals surface area contributed by atoms with Gasteiger partial charge in [0, 0.05) is 23.2 Å². The molecule has 1 rings (SSSR count). The number of halogens is 1. The van der Waals surface area contributed by atoms with Crippen LogP contribution in [0.3, 0.4) is 0 Å². The molecule has 3 heteroatoms. The summed E-state index contributed by atoms with van der Waals surface area (Å²) in [5.41, 5.74) is 1.30. The molecule has 1 N–H and O–H groups in total. The van der Waals surface area contributed by atoms with Gasteiger partial charge in [-0.1, -0.05) is 41.9 Å². The summed E-state index contributed by atoms with van der Waals surface area (Å²) in [5.74, 6) is 0.561. The van der Waals surface area contributed by atoms with Crippen LogP contribution in [0.5, 0.6) is 0 Å². The lowest BCUT2D eigenvalue weighted by Crippen LogP contribution is -2.39. The van der Waals surface area contributed by atoms with Crippen LogP contribution in [0.25, 0.3) is 0 Å². The van der Waals surface area contributed by atoms with E-state index in [2.05, 4.69) is 66.3 Å². The van der Waals surface area contributed by atoms with Crippen LogP contribution in [-0.4, -0.2) is 19.3 Å². The molecule has 0 aliphatic carbocycles. The van der Waals surface area contributed by atoms with E-state index in [0.29, 0.717) is 18.0 Å². The van der Waals surface area contributed by atoms with Gasteiger partial charge in [0.05, 0.1) is 6.61 Å². The zero-order valence-electron chi connectivity index (χ0n) is 11.7. The fourth-order valence-corrected chi connectivity index (χ4v) is 2.29. The first kappa shape index (κ1) is 15.7. The molecule has 2 atom stereocenters. The average Bonchev–Trinajstić information content (AvgIpc) is 2.33. The second kappa shape index (κ2) is 7.93. The number of nitrogens with one attached hydrogen (secondary N) is 1. The molecule has 0 amide bonds. The summed E-state index contributed by atoms with van der Waals surface area (Å²) in [6.07, 6.45) is 0. The van der Waals surface area contributed by atoms with Crippen molar-refractivity contribution < 1.29 is 4.74 Å². The molecule has 0 radical (unpaired) electrons. The summed E-state index contributed by atoms with van der Waals surface area (Å²) in [6.45, 7) is 10.2. The minimum atomic E-state index is 0.329. The molecule has 0 spiro atoms.